The van der Waals surface area contributed by atoms with Crippen molar-refractivity contribution in [1.29, 1.82) is 0 Å². The Balaban J connectivity index is 1.65. The molecule has 0 radical (unpaired) electrons. The summed E-state index contributed by atoms with van der Waals surface area (Å²) in [4.78, 5) is 68.2. The van der Waals surface area contributed by atoms with Gasteiger partial charge in [-0.25, -0.2) is 4.98 Å². The van der Waals surface area contributed by atoms with Crippen LogP contribution in [0.3, 0.4) is 0 Å². The molecule has 38 heavy (non-hydrogen) atoms. The lowest BCUT2D eigenvalue weighted by molar-refractivity contribution is -0.149. The van der Waals surface area contributed by atoms with Crippen molar-refractivity contribution in [3.8, 4) is 0 Å². The van der Waals surface area contributed by atoms with E-state index in [1.54, 1.807) is 13.8 Å². The van der Waals surface area contributed by atoms with Crippen molar-refractivity contribution in [2.45, 2.75) is 66.2 Å². The molecule has 2 aromatic rings. The second-order valence-corrected chi connectivity index (χ2v) is 10.3. The zero-order chi connectivity index (χ0) is 27.8. The number of amides is 2. The molecule has 10 nitrogen and oxygen atoms in total. The standard InChI is InChI=1S/C28H35N3O7/c1-16(2)21(12-24(33)37-15-18-8-6-5-7-9-18)27(35)31-25(17(3)4)22(32)10-19-11-23-29-13-20(38-23)14-30-28(36)26(19)34/h5-9,13,16-17,19,21,25H,10-12,14-15H2,1-4H3,(H,30,36)(H,31,35). The molecule has 1 aliphatic rings. The van der Waals surface area contributed by atoms with E-state index in [1.807, 2.05) is 44.2 Å². The van der Waals surface area contributed by atoms with Crippen LogP contribution in [0, 0.1) is 23.7 Å². The first-order valence-electron chi connectivity index (χ1n) is 12.8. The zero-order valence-electron chi connectivity index (χ0n) is 22.2. The first-order valence-corrected chi connectivity index (χ1v) is 12.8. The molecule has 2 N–H and O–H groups in total. The molecule has 0 aliphatic carbocycles. The van der Waals surface area contributed by atoms with E-state index in [1.165, 1.54) is 6.20 Å². The van der Waals surface area contributed by atoms with Crippen LogP contribution in [0.1, 0.15) is 57.8 Å². The van der Waals surface area contributed by atoms with E-state index in [-0.39, 0.29) is 55.9 Å². The highest BCUT2D eigenvalue weighted by molar-refractivity contribution is 6.37. The van der Waals surface area contributed by atoms with Crippen molar-refractivity contribution in [1.82, 2.24) is 15.6 Å². The van der Waals surface area contributed by atoms with Gasteiger partial charge in [-0.3, -0.25) is 24.0 Å². The number of aromatic nitrogens is 1. The molecule has 10 heteroatoms. The number of nitrogens with one attached hydrogen (secondary N) is 2. The van der Waals surface area contributed by atoms with Crippen molar-refractivity contribution in [3.63, 3.8) is 0 Å². The van der Waals surface area contributed by atoms with E-state index >= 15 is 0 Å². The van der Waals surface area contributed by atoms with Crippen LogP contribution >= 0.6 is 0 Å². The van der Waals surface area contributed by atoms with Crippen molar-refractivity contribution in [3.05, 3.63) is 53.7 Å². The lowest BCUT2D eigenvalue weighted by Gasteiger charge is -2.27. The van der Waals surface area contributed by atoms with Gasteiger partial charge in [0.05, 0.1) is 31.1 Å². The van der Waals surface area contributed by atoms with Crippen LogP contribution in [0.2, 0.25) is 0 Å². The van der Waals surface area contributed by atoms with Crippen LogP contribution in [-0.4, -0.2) is 40.4 Å². The van der Waals surface area contributed by atoms with E-state index in [0.29, 0.717) is 5.76 Å². The van der Waals surface area contributed by atoms with Gasteiger partial charge in [-0.1, -0.05) is 58.0 Å². The summed E-state index contributed by atoms with van der Waals surface area (Å²) in [6.07, 6.45) is 1.07. The Morgan fingerprint density at radius 2 is 1.82 bits per heavy atom. The number of nitrogens with zero attached hydrogens (tertiary/aromatic N) is 1. The third-order valence-corrected chi connectivity index (χ3v) is 6.57. The summed E-state index contributed by atoms with van der Waals surface area (Å²) < 4.78 is 10.9. The molecule has 0 saturated carbocycles. The third-order valence-electron chi connectivity index (χ3n) is 6.57. The van der Waals surface area contributed by atoms with Crippen molar-refractivity contribution < 1.29 is 33.1 Å². The van der Waals surface area contributed by atoms with Gasteiger partial charge in [0.2, 0.25) is 11.7 Å². The quantitative estimate of drug-likeness (QED) is 0.336. The lowest BCUT2D eigenvalue weighted by atomic mass is 9.86. The van der Waals surface area contributed by atoms with Gasteiger partial charge in [-0.15, -0.1) is 0 Å². The number of ketones is 2. The van der Waals surface area contributed by atoms with Crippen molar-refractivity contribution in [2.24, 2.45) is 23.7 Å². The van der Waals surface area contributed by atoms with Gasteiger partial charge in [0, 0.05) is 18.8 Å². The molecule has 204 valence electrons. The predicted octanol–water partition coefficient (Wildman–Crippen LogP) is 2.54. The number of hydrogen-bond acceptors (Lipinski definition) is 8. The SMILES string of the molecule is CC(C)C(CC(=O)OCc1ccccc1)C(=O)NC(C(=O)CC1Cc2ncc(o2)CNC(=O)C1=O)C(C)C. The summed E-state index contributed by atoms with van der Waals surface area (Å²) in [7, 11) is 0. The normalized spacial score (nSPS) is 17.2. The van der Waals surface area contributed by atoms with Gasteiger partial charge in [-0.2, -0.15) is 0 Å². The molecule has 1 aromatic heterocycles. The smallest absolute Gasteiger partial charge is 0.306 e. The van der Waals surface area contributed by atoms with Gasteiger partial charge in [0.25, 0.3) is 5.91 Å². The number of oxazole rings is 1. The van der Waals surface area contributed by atoms with Crippen molar-refractivity contribution >= 4 is 29.4 Å². The molecule has 2 heterocycles. The van der Waals surface area contributed by atoms with Gasteiger partial charge in [0.1, 0.15) is 12.4 Å². The maximum atomic E-state index is 13.3. The minimum absolute atomic E-state index is 0.00136. The van der Waals surface area contributed by atoms with E-state index in [0.717, 1.165) is 5.56 Å². The van der Waals surface area contributed by atoms with E-state index in [9.17, 15) is 24.0 Å². The van der Waals surface area contributed by atoms with Crippen LogP contribution in [0.4, 0.5) is 0 Å². The number of ether oxygens (including phenoxy) is 1. The van der Waals surface area contributed by atoms with Crippen LogP contribution in [0.5, 0.6) is 0 Å². The summed E-state index contributed by atoms with van der Waals surface area (Å²) in [6, 6.07) is 8.32. The number of benzene rings is 1. The molecular formula is C28H35N3O7. The lowest BCUT2D eigenvalue weighted by Crippen LogP contribution is -2.49. The largest absolute Gasteiger partial charge is 0.461 e. The molecule has 1 aromatic carbocycles. The molecule has 0 spiro atoms. The van der Waals surface area contributed by atoms with Gasteiger partial charge < -0.3 is 19.8 Å². The fraction of sp³-hybridized carbons (Fsp3) is 0.500. The first kappa shape index (κ1) is 28.7. The molecule has 3 unspecified atom stereocenters. The van der Waals surface area contributed by atoms with Crippen LogP contribution in [0.25, 0.3) is 0 Å². The summed E-state index contributed by atoms with van der Waals surface area (Å²) >= 11 is 0. The Hall–Kier alpha value is -3.82. The summed E-state index contributed by atoms with van der Waals surface area (Å²) in [5.74, 6) is -4.35. The second-order valence-electron chi connectivity index (χ2n) is 10.3. The minimum atomic E-state index is -0.973. The molecule has 0 fully saturated rings. The minimum Gasteiger partial charge on any atom is -0.461 e. The van der Waals surface area contributed by atoms with Gasteiger partial charge in [-0.05, 0) is 17.4 Å². The number of rotatable bonds is 11. The monoisotopic (exact) mass is 525 g/mol. The number of carbonyl (C=O) groups is 5. The number of carbonyl (C=O) groups excluding carboxylic acids is 5. The van der Waals surface area contributed by atoms with Gasteiger partial charge >= 0.3 is 5.97 Å². The molecule has 3 rings (SSSR count). The molecule has 0 saturated heterocycles. The number of esters is 1. The molecule has 1 aliphatic heterocycles. The second kappa shape index (κ2) is 13.1. The van der Waals surface area contributed by atoms with E-state index in [4.69, 9.17) is 9.15 Å². The predicted molar refractivity (Wildman–Crippen MR) is 136 cm³/mol. The topological polar surface area (TPSA) is 145 Å². The Bertz CT molecular complexity index is 1160. The van der Waals surface area contributed by atoms with Crippen LogP contribution < -0.4 is 10.6 Å². The Labute approximate surface area is 221 Å². The number of Topliss-reactive ketones (excluding diaryl/α,β-unsaturated/α-hetero) is 2. The average molecular weight is 526 g/mol. The Kier molecular flexibility index (Phi) is 9.92. The maximum Gasteiger partial charge on any atom is 0.306 e. The molecule has 2 amide bonds. The summed E-state index contributed by atoms with van der Waals surface area (Å²) in [5.41, 5.74) is 0.839. The summed E-state index contributed by atoms with van der Waals surface area (Å²) in [6.45, 7) is 7.33. The fourth-order valence-electron chi connectivity index (χ4n) is 4.29. The number of fused-ring (bicyclic) bond motifs is 2. The van der Waals surface area contributed by atoms with E-state index < -0.39 is 41.4 Å². The highest BCUT2D eigenvalue weighted by Gasteiger charge is 2.35. The maximum absolute atomic E-state index is 13.3. The third kappa shape index (κ3) is 7.84. The van der Waals surface area contributed by atoms with Crippen LogP contribution in [0.15, 0.2) is 40.9 Å². The molecule has 3 atom stereocenters. The zero-order valence-corrected chi connectivity index (χ0v) is 22.2. The van der Waals surface area contributed by atoms with Gasteiger partial charge in [0.15, 0.2) is 11.7 Å². The van der Waals surface area contributed by atoms with E-state index in [2.05, 4.69) is 15.6 Å². The highest BCUT2D eigenvalue weighted by Crippen LogP contribution is 2.21. The first-order chi connectivity index (χ1) is 18.0. The summed E-state index contributed by atoms with van der Waals surface area (Å²) in [5, 5.41) is 5.26. The highest BCUT2D eigenvalue weighted by atomic mass is 16.5. The molecular weight excluding hydrogens is 490 g/mol. The van der Waals surface area contributed by atoms with Crippen LogP contribution in [-0.2, 0) is 48.3 Å². The number of hydrogen-bond donors (Lipinski definition) is 2. The fourth-order valence-corrected chi connectivity index (χ4v) is 4.29. The average Bonchev–Trinajstić information content (AvgIpc) is 3.35. The molecule has 2 bridgehead atoms. The Morgan fingerprint density at radius 3 is 2.47 bits per heavy atom. The van der Waals surface area contributed by atoms with Crippen molar-refractivity contribution in [2.75, 3.05) is 0 Å². The Morgan fingerprint density at radius 1 is 1.11 bits per heavy atom.